The molecule has 0 heterocycles. The van der Waals surface area contributed by atoms with Crippen LogP contribution in [0.5, 0.6) is 0 Å². The highest BCUT2D eigenvalue weighted by Gasteiger charge is 2.38. The molecule has 0 saturated heterocycles. The van der Waals surface area contributed by atoms with Gasteiger partial charge in [-0.2, -0.15) is 0 Å². The van der Waals surface area contributed by atoms with Gasteiger partial charge in [0.15, 0.2) is 5.78 Å². The molecule has 84 valence electrons. The van der Waals surface area contributed by atoms with Crippen LogP contribution in [0.3, 0.4) is 0 Å². The van der Waals surface area contributed by atoms with E-state index in [1.807, 2.05) is 6.08 Å². The Kier molecular flexibility index (Phi) is 3.54. The van der Waals surface area contributed by atoms with Crippen molar-refractivity contribution in [2.45, 2.75) is 40.5 Å². The predicted octanol–water partition coefficient (Wildman–Crippen LogP) is 3.76. The van der Waals surface area contributed by atoms with E-state index in [0.29, 0.717) is 11.8 Å². The van der Waals surface area contributed by atoms with Gasteiger partial charge >= 0.3 is 0 Å². The Hall–Kier alpha value is -0.850. The summed E-state index contributed by atoms with van der Waals surface area (Å²) in [6.45, 7) is 12.6. The van der Waals surface area contributed by atoms with E-state index in [2.05, 4.69) is 27.4 Å². The smallest absolute Gasteiger partial charge is 0.152 e. The van der Waals surface area contributed by atoms with E-state index in [1.165, 1.54) is 12.0 Å². The summed E-state index contributed by atoms with van der Waals surface area (Å²) in [5, 5.41) is 0. The molecule has 0 radical (unpaired) electrons. The average molecular weight is 206 g/mol. The lowest BCUT2D eigenvalue weighted by molar-refractivity contribution is -0.112. The minimum Gasteiger partial charge on any atom is -0.295 e. The molecule has 0 aliphatic heterocycles. The van der Waals surface area contributed by atoms with E-state index in [4.69, 9.17) is 0 Å². The summed E-state index contributed by atoms with van der Waals surface area (Å²) < 4.78 is 0. The van der Waals surface area contributed by atoms with Gasteiger partial charge in [0, 0.05) is 5.92 Å². The number of carbonyl (C=O) groups excluding carboxylic acids is 1. The second kappa shape index (κ2) is 4.34. The van der Waals surface area contributed by atoms with Crippen LogP contribution in [0.25, 0.3) is 0 Å². The van der Waals surface area contributed by atoms with Crippen LogP contribution in [0.2, 0.25) is 0 Å². The third-order valence-corrected chi connectivity index (χ3v) is 3.93. The molecule has 2 atom stereocenters. The van der Waals surface area contributed by atoms with Gasteiger partial charge in [0.25, 0.3) is 0 Å². The van der Waals surface area contributed by atoms with Gasteiger partial charge in [-0.3, -0.25) is 4.79 Å². The predicted molar refractivity (Wildman–Crippen MR) is 64.6 cm³/mol. The fourth-order valence-electron chi connectivity index (χ4n) is 2.38. The third-order valence-electron chi connectivity index (χ3n) is 3.93. The Balaban J connectivity index is 2.90. The fraction of sp³-hybridized carbons (Fsp3) is 0.643. The molecular weight excluding hydrogens is 184 g/mol. The number of allylic oxidation sites excluding steroid dienone is 3. The molecular formula is C14H22O. The maximum atomic E-state index is 11.0. The van der Waals surface area contributed by atoms with Crippen LogP contribution in [0.4, 0.5) is 0 Å². The molecule has 1 nitrogen and oxygen atoms in total. The zero-order chi connectivity index (χ0) is 11.6. The molecule has 0 aromatic heterocycles. The van der Waals surface area contributed by atoms with Gasteiger partial charge in [-0.05, 0) is 37.2 Å². The highest BCUT2D eigenvalue weighted by atomic mass is 16.1. The Labute approximate surface area is 93.3 Å². The zero-order valence-electron chi connectivity index (χ0n) is 10.3. The lowest BCUT2D eigenvalue weighted by Crippen LogP contribution is -2.35. The minimum atomic E-state index is 0.122. The first-order valence-corrected chi connectivity index (χ1v) is 5.72. The van der Waals surface area contributed by atoms with Gasteiger partial charge in [0.1, 0.15) is 0 Å². The highest BCUT2D eigenvalue weighted by Crippen LogP contribution is 2.47. The Morgan fingerprint density at radius 2 is 2.13 bits per heavy atom. The van der Waals surface area contributed by atoms with Gasteiger partial charge in [0.05, 0.1) is 0 Å². The van der Waals surface area contributed by atoms with Crippen molar-refractivity contribution in [1.82, 2.24) is 0 Å². The van der Waals surface area contributed by atoms with Crippen molar-refractivity contribution in [1.29, 1.82) is 0 Å². The van der Waals surface area contributed by atoms with Crippen molar-refractivity contribution in [3.05, 3.63) is 24.3 Å². The SMILES string of the molecule is C=C1CC[C@H](C)C(C)(C)[C@H]1/C=C\C(C)=O. The largest absolute Gasteiger partial charge is 0.295 e. The van der Waals surface area contributed by atoms with Crippen LogP contribution in [0.1, 0.15) is 40.5 Å². The molecule has 15 heavy (non-hydrogen) atoms. The number of rotatable bonds is 2. The van der Waals surface area contributed by atoms with Crippen LogP contribution in [0, 0.1) is 17.3 Å². The first-order valence-electron chi connectivity index (χ1n) is 5.72. The molecule has 1 heteroatoms. The van der Waals surface area contributed by atoms with Crippen molar-refractivity contribution in [3.63, 3.8) is 0 Å². The maximum Gasteiger partial charge on any atom is 0.152 e. The van der Waals surface area contributed by atoms with Crippen LogP contribution < -0.4 is 0 Å². The lowest BCUT2D eigenvalue weighted by atomic mass is 9.61. The molecule has 0 aromatic rings. The second-order valence-corrected chi connectivity index (χ2v) is 5.37. The molecule has 1 rings (SSSR count). The zero-order valence-corrected chi connectivity index (χ0v) is 10.3. The van der Waals surface area contributed by atoms with Crippen molar-refractivity contribution < 1.29 is 4.79 Å². The average Bonchev–Trinajstić information content (AvgIpc) is 2.11. The van der Waals surface area contributed by atoms with Gasteiger partial charge in [-0.15, -0.1) is 0 Å². The molecule has 1 fully saturated rings. The quantitative estimate of drug-likeness (QED) is 0.496. The first-order chi connectivity index (χ1) is 6.85. The molecule has 0 N–H and O–H groups in total. The van der Waals surface area contributed by atoms with E-state index in [0.717, 1.165) is 6.42 Å². The van der Waals surface area contributed by atoms with Crippen LogP contribution in [0.15, 0.2) is 24.3 Å². The Bertz CT molecular complexity index is 296. The van der Waals surface area contributed by atoms with Gasteiger partial charge < -0.3 is 0 Å². The van der Waals surface area contributed by atoms with Crippen molar-refractivity contribution >= 4 is 5.78 Å². The lowest BCUT2D eigenvalue weighted by Gasteiger charge is -2.44. The molecule has 0 bridgehead atoms. The van der Waals surface area contributed by atoms with Crippen molar-refractivity contribution in [2.24, 2.45) is 17.3 Å². The molecule has 0 spiro atoms. The van der Waals surface area contributed by atoms with Gasteiger partial charge in [-0.1, -0.05) is 39.0 Å². The Morgan fingerprint density at radius 3 is 2.67 bits per heavy atom. The van der Waals surface area contributed by atoms with E-state index in [9.17, 15) is 4.79 Å². The highest BCUT2D eigenvalue weighted by molar-refractivity contribution is 5.87. The summed E-state index contributed by atoms with van der Waals surface area (Å²) in [7, 11) is 0. The number of hydrogen-bond donors (Lipinski definition) is 0. The third kappa shape index (κ3) is 2.58. The maximum absolute atomic E-state index is 11.0. The normalized spacial score (nSPS) is 30.8. The standard InChI is InChI=1S/C14H22O/c1-10-6-7-11(2)14(4,5)13(10)9-8-12(3)15/h8-9,11,13H,1,6-7H2,2-5H3/b9-8-/t11-,13-/m0/s1. The summed E-state index contributed by atoms with van der Waals surface area (Å²) in [4.78, 5) is 11.0. The molecule has 1 aliphatic carbocycles. The van der Waals surface area contributed by atoms with Gasteiger partial charge in [-0.25, -0.2) is 0 Å². The fourth-order valence-corrected chi connectivity index (χ4v) is 2.38. The molecule has 0 amide bonds. The molecule has 1 saturated carbocycles. The monoisotopic (exact) mass is 206 g/mol. The van der Waals surface area contributed by atoms with Crippen LogP contribution >= 0.6 is 0 Å². The Morgan fingerprint density at radius 1 is 1.53 bits per heavy atom. The molecule has 0 unspecified atom stereocenters. The summed E-state index contributed by atoms with van der Waals surface area (Å²) >= 11 is 0. The van der Waals surface area contributed by atoms with Crippen LogP contribution in [-0.2, 0) is 4.79 Å². The topological polar surface area (TPSA) is 17.1 Å². The van der Waals surface area contributed by atoms with Crippen molar-refractivity contribution in [3.8, 4) is 0 Å². The van der Waals surface area contributed by atoms with E-state index >= 15 is 0 Å². The first kappa shape index (κ1) is 12.2. The van der Waals surface area contributed by atoms with E-state index in [1.54, 1.807) is 13.0 Å². The molecule has 1 aliphatic rings. The number of hydrogen-bond acceptors (Lipinski definition) is 1. The van der Waals surface area contributed by atoms with Crippen LogP contribution in [-0.4, -0.2) is 5.78 Å². The summed E-state index contributed by atoms with van der Waals surface area (Å²) in [6, 6.07) is 0. The number of ketones is 1. The van der Waals surface area contributed by atoms with E-state index < -0.39 is 0 Å². The number of carbonyl (C=O) groups is 1. The molecule has 0 aromatic carbocycles. The van der Waals surface area contributed by atoms with E-state index in [-0.39, 0.29) is 11.2 Å². The van der Waals surface area contributed by atoms with Crippen molar-refractivity contribution in [2.75, 3.05) is 0 Å². The summed E-state index contributed by atoms with van der Waals surface area (Å²) in [5.74, 6) is 1.16. The van der Waals surface area contributed by atoms with Gasteiger partial charge in [0.2, 0.25) is 0 Å². The second-order valence-electron chi connectivity index (χ2n) is 5.37. The summed E-state index contributed by atoms with van der Waals surface area (Å²) in [5.41, 5.74) is 1.50. The minimum absolute atomic E-state index is 0.122. The summed E-state index contributed by atoms with van der Waals surface area (Å²) in [6.07, 6.45) is 6.05.